The summed E-state index contributed by atoms with van der Waals surface area (Å²) in [7, 11) is 0. The summed E-state index contributed by atoms with van der Waals surface area (Å²) in [5, 5.41) is 3.47. The van der Waals surface area contributed by atoms with Gasteiger partial charge in [0.15, 0.2) is 0 Å². The average Bonchev–Trinajstić information content (AvgIpc) is 2.51. The number of hydrogen-bond acceptors (Lipinski definition) is 2. The van der Waals surface area contributed by atoms with Gasteiger partial charge >= 0.3 is 0 Å². The Labute approximate surface area is 125 Å². The Bertz CT molecular complexity index is 689. The minimum absolute atomic E-state index is 0.00913. The molecule has 3 nitrogen and oxygen atoms in total. The van der Waals surface area contributed by atoms with Crippen molar-refractivity contribution in [3.05, 3.63) is 64.7 Å². The van der Waals surface area contributed by atoms with Crippen molar-refractivity contribution in [2.24, 2.45) is 10.7 Å². The van der Waals surface area contributed by atoms with Crippen LogP contribution in [0, 0.1) is 13.8 Å². The zero-order valence-electron chi connectivity index (χ0n) is 12.6. The zero-order valence-corrected chi connectivity index (χ0v) is 12.6. The Kier molecular flexibility index (Phi) is 3.76. The molecule has 0 radical (unpaired) electrons. The lowest BCUT2D eigenvalue weighted by molar-refractivity contribution is 0.601. The van der Waals surface area contributed by atoms with Crippen molar-refractivity contribution in [2.75, 3.05) is 6.54 Å². The number of rotatable bonds is 2. The van der Waals surface area contributed by atoms with Crippen LogP contribution in [0.5, 0.6) is 0 Å². The Morgan fingerprint density at radius 1 is 1.14 bits per heavy atom. The van der Waals surface area contributed by atoms with Crippen molar-refractivity contribution in [3.8, 4) is 0 Å². The molecule has 0 saturated heterocycles. The van der Waals surface area contributed by atoms with Crippen LogP contribution in [0.25, 0.3) is 0 Å². The van der Waals surface area contributed by atoms with Crippen LogP contribution < -0.4 is 11.1 Å². The van der Waals surface area contributed by atoms with Gasteiger partial charge < -0.3 is 11.1 Å². The Morgan fingerprint density at radius 2 is 1.95 bits per heavy atom. The molecule has 0 bridgehead atoms. The molecule has 3 heteroatoms. The van der Waals surface area contributed by atoms with Gasteiger partial charge in [-0.25, -0.2) is 4.99 Å². The lowest BCUT2D eigenvalue weighted by Crippen LogP contribution is -2.38. The Hall–Kier alpha value is -2.13. The van der Waals surface area contributed by atoms with Gasteiger partial charge in [-0.1, -0.05) is 36.4 Å². The zero-order chi connectivity index (χ0) is 14.8. The van der Waals surface area contributed by atoms with Gasteiger partial charge in [0, 0.05) is 6.54 Å². The largest absolute Gasteiger partial charge is 0.386 e. The molecule has 1 unspecified atom stereocenters. The molecule has 1 heterocycles. The van der Waals surface area contributed by atoms with Crippen LogP contribution in [0.1, 0.15) is 28.3 Å². The highest BCUT2D eigenvalue weighted by Crippen LogP contribution is 2.26. The monoisotopic (exact) mass is 279 g/mol. The summed E-state index contributed by atoms with van der Waals surface area (Å²) in [6.07, 6.45) is 1.05. The third kappa shape index (κ3) is 2.69. The van der Waals surface area contributed by atoms with Crippen LogP contribution in [0.15, 0.2) is 47.5 Å². The van der Waals surface area contributed by atoms with E-state index in [2.05, 4.69) is 54.5 Å². The second kappa shape index (κ2) is 5.70. The molecule has 1 atom stereocenters. The van der Waals surface area contributed by atoms with Gasteiger partial charge in [-0.15, -0.1) is 0 Å². The predicted molar refractivity (Wildman–Crippen MR) is 88.1 cm³/mol. The van der Waals surface area contributed by atoms with Gasteiger partial charge in [-0.2, -0.15) is 0 Å². The summed E-state index contributed by atoms with van der Waals surface area (Å²) in [4.78, 5) is 4.67. The SMILES string of the molecule is Cc1cccc(N=C(N)C2NCCc3ccccc32)c1C. The molecule has 0 aliphatic carbocycles. The Morgan fingerprint density at radius 3 is 2.81 bits per heavy atom. The van der Waals surface area contributed by atoms with Crippen LogP contribution in [-0.4, -0.2) is 12.4 Å². The maximum Gasteiger partial charge on any atom is 0.121 e. The van der Waals surface area contributed by atoms with Crippen LogP contribution in [0.3, 0.4) is 0 Å². The van der Waals surface area contributed by atoms with E-state index in [1.165, 1.54) is 22.3 Å². The lowest BCUT2D eigenvalue weighted by atomic mass is 9.94. The number of fused-ring (bicyclic) bond motifs is 1. The van der Waals surface area contributed by atoms with E-state index in [9.17, 15) is 0 Å². The third-order valence-electron chi connectivity index (χ3n) is 4.23. The summed E-state index contributed by atoms with van der Waals surface area (Å²) in [6, 6.07) is 14.6. The van der Waals surface area contributed by atoms with E-state index in [1.807, 2.05) is 12.1 Å². The molecule has 21 heavy (non-hydrogen) atoms. The molecule has 108 valence electrons. The first-order chi connectivity index (χ1) is 10.2. The van der Waals surface area contributed by atoms with E-state index in [4.69, 9.17) is 5.73 Å². The topological polar surface area (TPSA) is 50.4 Å². The molecular weight excluding hydrogens is 258 g/mol. The van der Waals surface area contributed by atoms with Gasteiger partial charge in [0.05, 0.1) is 11.7 Å². The molecule has 2 aromatic carbocycles. The first-order valence-electron chi connectivity index (χ1n) is 7.38. The van der Waals surface area contributed by atoms with E-state index in [1.54, 1.807) is 0 Å². The Balaban J connectivity index is 1.98. The summed E-state index contributed by atoms with van der Waals surface area (Å²) >= 11 is 0. The maximum atomic E-state index is 6.30. The van der Waals surface area contributed by atoms with Crippen LogP contribution in [-0.2, 0) is 6.42 Å². The number of nitrogens with zero attached hydrogens (tertiary/aromatic N) is 1. The molecule has 1 aliphatic rings. The standard InChI is InChI=1S/C18H21N3/c1-12-6-5-9-16(13(12)2)21-18(19)17-15-8-4-3-7-14(15)10-11-20-17/h3-9,17,20H,10-11H2,1-2H3,(H2,19,21). The molecule has 0 spiro atoms. The second-order valence-corrected chi connectivity index (χ2v) is 5.59. The van der Waals surface area contributed by atoms with E-state index >= 15 is 0 Å². The number of benzene rings is 2. The van der Waals surface area contributed by atoms with Crippen molar-refractivity contribution in [1.82, 2.24) is 5.32 Å². The highest BCUT2D eigenvalue weighted by Gasteiger charge is 2.22. The summed E-state index contributed by atoms with van der Waals surface area (Å²) in [5.41, 5.74) is 12.3. The van der Waals surface area contributed by atoms with Crippen LogP contribution in [0.4, 0.5) is 5.69 Å². The van der Waals surface area contributed by atoms with Crippen molar-refractivity contribution < 1.29 is 0 Å². The van der Waals surface area contributed by atoms with Gasteiger partial charge in [0.25, 0.3) is 0 Å². The first-order valence-corrected chi connectivity index (χ1v) is 7.38. The minimum Gasteiger partial charge on any atom is -0.386 e. The quantitative estimate of drug-likeness (QED) is 0.655. The predicted octanol–water partition coefficient (Wildman–Crippen LogP) is 3.18. The molecule has 3 rings (SSSR count). The molecule has 0 saturated carbocycles. The number of aryl methyl sites for hydroxylation is 1. The fourth-order valence-corrected chi connectivity index (χ4v) is 2.83. The number of aliphatic imine (C=N–C) groups is 1. The van der Waals surface area contributed by atoms with Crippen molar-refractivity contribution in [3.63, 3.8) is 0 Å². The second-order valence-electron chi connectivity index (χ2n) is 5.59. The molecule has 1 aliphatic heterocycles. The van der Waals surface area contributed by atoms with E-state index < -0.39 is 0 Å². The molecule has 0 amide bonds. The van der Waals surface area contributed by atoms with Gasteiger partial charge in [-0.3, -0.25) is 0 Å². The van der Waals surface area contributed by atoms with E-state index in [0.717, 1.165) is 18.7 Å². The molecule has 0 aromatic heterocycles. The number of hydrogen-bond donors (Lipinski definition) is 2. The third-order valence-corrected chi connectivity index (χ3v) is 4.23. The van der Waals surface area contributed by atoms with Crippen molar-refractivity contribution >= 4 is 11.5 Å². The van der Waals surface area contributed by atoms with Gasteiger partial charge in [0.1, 0.15) is 5.84 Å². The molecular formula is C18H21N3. The molecule has 0 fully saturated rings. The van der Waals surface area contributed by atoms with E-state index in [0.29, 0.717) is 5.84 Å². The highest BCUT2D eigenvalue weighted by atomic mass is 15.0. The lowest BCUT2D eigenvalue weighted by Gasteiger charge is -2.26. The first kappa shape index (κ1) is 13.8. The summed E-state index contributed by atoms with van der Waals surface area (Å²) in [6.45, 7) is 5.12. The van der Waals surface area contributed by atoms with Crippen LogP contribution >= 0.6 is 0 Å². The fraction of sp³-hybridized carbons (Fsp3) is 0.278. The number of nitrogens with one attached hydrogen (secondary N) is 1. The van der Waals surface area contributed by atoms with Gasteiger partial charge in [0.2, 0.25) is 0 Å². The van der Waals surface area contributed by atoms with E-state index in [-0.39, 0.29) is 6.04 Å². The van der Waals surface area contributed by atoms with Crippen molar-refractivity contribution in [2.45, 2.75) is 26.3 Å². The normalized spacial score (nSPS) is 18.4. The number of amidine groups is 1. The van der Waals surface area contributed by atoms with Gasteiger partial charge in [-0.05, 0) is 48.6 Å². The van der Waals surface area contributed by atoms with Crippen LogP contribution in [0.2, 0.25) is 0 Å². The highest BCUT2D eigenvalue weighted by molar-refractivity contribution is 5.90. The van der Waals surface area contributed by atoms with Crippen molar-refractivity contribution in [1.29, 1.82) is 0 Å². The maximum absolute atomic E-state index is 6.30. The molecule has 2 aromatic rings. The summed E-state index contributed by atoms with van der Waals surface area (Å²) < 4.78 is 0. The summed E-state index contributed by atoms with van der Waals surface area (Å²) in [5.74, 6) is 0.635. The average molecular weight is 279 g/mol. The smallest absolute Gasteiger partial charge is 0.121 e. The fourth-order valence-electron chi connectivity index (χ4n) is 2.83. The minimum atomic E-state index is 0.00913. The number of nitrogens with two attached hydrogens (primary N) is 1. The molecule has 3 N–H and O–H groups in total.